The van der Waals surface area contributed by atoms with E-state index in [1.165, 1.54) is 37.7 Å². The number of allylic oxidation sites excluding steroid dienone is 1. The van der Waals surface area contributed by atoms with Crippen LogP contribution in [0, 0.1) is 0 Å². The summed E-state index contributed by atoms with van der Waals surface area (Å²) >= 11 is 0. The second-order valence-electron chi connectivity index (χ2n) is 9.17. The molecule has 1 rings (SSSR count). The van der Waals surface area contributed by atoms with Crippen molar-refractivity contribution in [2.75, 3.05) is 40.5 Å². The summed E-state index contributed by atoms with van der Waals surface area (Å²) in [4.78, 5) is 48.3. The molecule has 1 unspecified atom stereocenters. The minimum absolute atomic E-state index is 0.246. The van der Waals surface area contributed by atoms with Crippen LogP contribution in [-0.2, 0) is 28.6 Å². The Kier molecular flexibility index (Phi) is 27.3. The van der Waals surface area contributed by atoms with Crippen LogP contribution in [0.1, 0.15) is 93.9 Å². The summed E-state index contributed by atoms with van der Waals surface area (Å²) in [6.07, 6.45) is 9.74. The number of nitrogens with one attached hydrogen (secondary N) is 2. The summed E-state index contributed by atoms with van der Waals surface area (Å²) in [5, 5.41) is 4.81. The number of ether oxygens (including phenoxy) is 3. The number of carbonyl (C=O) groups is 4. The summed E-state index contributed by atoms with van der Waals surface area (Å²) in [6.45, 7) is 16.3. The second-order valence-corrected chi connectivity index (χ2v) is 9.17. The van der Waals surface area contributed by atoms with Crippen molar-refractivity contribution in [1.82, 2.24) is 15.5 Å². The lowest BCUT2D eigenvalue weighted by Crippen LogP contribution is -2.50. The lowest BCUT2D eigenvalue weighted by atomic mass is 10.2. The van der Waals surface area contributed by atoms with Crippen molar-refractivity contribution in [3.05, 3.63) is 12.2 Å². The van der Waals surface area contributed by atoms with Gasteiger partial charge in [-0.25, -0.2) is 4.79 Å². The molecule has 0 aromatic rings. The van der Waals surface area contributed by atoms with Gasteiger partial charge in [-0.2, -0.15) is 0 Å². The van der Waals surface area contributed by atoms with Gasteiger partial charge in [0.1, 0.15) is 24.7 Å². The molecule has 1 heterocycles. The van der Waals surface area contributed by atoms with Gasteiger partial charge in [0, 0.05) is 13.7 Å². The maximum Gasteiger partial charge on any atom is 0.408 e. The van der Waals surface area contributed by atoms with Gasteiger partial charge in [-0.3, -0.25) is 14.4 Å². The first-order chi connectivity index (χ1) is 18.0. The summed E-state index contributed by atoms with van der Waals surface area (Å²) in [5.41, 5.74) is -0.656. The van der Waals surface area contributed by atoms with Crippen LogP contribution < -0.4 is 10.6 Å². The zero-order chi connectivity index (χ0) is 30.0. The molecule has 224 valence electrons. The maximum absolute atomic E-state index is 12.2. The molecule has 2 N–H and O–H groups in total. The van der Waals surface area contributed by atoms with E-state index in [1.807, 2.05) is 13.8 Å². The molecule has 1 atom stereocenters. The fourth-order valence-electron chi connectivity index (χ4n) is 2.85. The summed E-state index contributed by atoms with van der Waals surface area (Å²) in [7, 11) is 2.94. The van der Waals surface area contributed by atoms with E-state index in [0.717, 1.165) is 6.61 Å². The molecular weight excluding hydrogens is 490 g/mol. The minimum Gasteiger partial charge on any atom is -0.468 e. The largest absolute Gasteiger partial charge is 0.468 e. The van der Waals surface area contributed by atoms with Crippen molar-refractivity contribution >= 4 is 23.9 Å². The molecule has 0 radical (unpaired) electrons. The third kappa shape index (κ3) is 23.8. The van der Waals surface area contributed by atoms with Gasteiger partial charge in [-0.05, 0) is 40.0 Å². The van der Waals surface area contributed by atoms with Crippen LogP contribution in [0.2, 0.25) is 0 Å². The average molecular weight is 546 g/mol. The third-order valence-electron chi connectivity index (χ3n) is 4.45. The molecule has 0 saturated carbocycles. The van der Waals surface area contributed by atoms with E-state index in [4.69, 9.17) is 9.47 Å². The molecule has 10 nitrogen and oxygen atoms in total. The number of esters is 1. The highest BCUT2D eigenvalue weighted by molar-refractivity contribution is 5.91. The van der Waals surface area contributed by atoms with Crippen LogP contribution in [0.5, 0.6) is 0 Å². The topological polar surface area (TPSA) is 123 Å². The Hall–Kier alpha value is -2.62. The lowest BCUT2D eigenvalue weighted by molar-refractivity contribution is -0.142. The molecule has 10 heteroatoms. The normalized spacial score (nSPS) is 14.1. The standard InChI is InChI=1S/C15H25N3O6.C8H16O.C3H8.C2H6/c1-15(2,3)24-14(22)17-8-11(19)18-7-5-6-10(18)13(21)16-9-12(20)23-4;1-3-4-5-6-7-8-9-2;1-3-2;1-2/h10H,5-9H2,1-4H3,(H,16,21)(H,17,22);6-7H,3-5,8H2,1-2H3;3H2,1-2H3;1-2H3/b;7-6-;;. The number of hydrogen-bond acceptors (Lipinski definition) is 7. The number of alkyl carbamates (subject to hydrolysis) is 1. The van der Waals surface area contributed by atoms with Crippen LogP contribution in [0.25, 0.3) is 0 Å². The number of hydrogen-bond donors (Lipinski definition) is 2. The molecule has 1 aliphatic rings. The van der Waals surface area contributed by atoms with Crippen LogP contribution in [0.15, 0.2) is 12.2 Å². The molecule has 3 amide bonds. The Morgan fingerprint density at radius 1 is 0.974 bits per heavy atom. The van der Waals surface area contributed by atoms with Crippen molar-refractivity contribution in [3.8, 4) is 0 Å². The van der Waals surface area contributed by atoms with E-state index >= 15 is 0 Å². The first-order valence-electron chi connectivity index (χ1n) is 13.7. The Morgan fingerprint density at radius 3 is 2.08 bits per heavy atom. The molecule has 0 aromatic heterocycles. The van der Waals surface area contributed by atoms with Crippen LogP contribution in [0.3, 0.4) is 0 Å². The van der Waals surface area contributed by atoms with Gasteiger partial charge in [0.15, 0.2) is 0 Å². The van der Waals surface area contributed by atoms with Gasteiger partial charge in [0.25, 0.3) is 0 Å². The summed E-state index contributed by atoms with van der Waals surface area (Å²) in [6, 6.07) is -0.650. The number of rotatable bonds is 10. The zero-order valence-corrected chi connectivity index (χ0v) is 25.6. The van der Waals surface area contributed by atoms with E-state index in [9.17, 15) is 19.2 Å². The highest BCUT2D eigenvalue weighted by Gasteiger charge is 2.34. The Morgan fingerprint density at radius 2 is 1.58 bits per heavy atom. The highest BCUT2D eigenvalue weighted by Crippen LogP contribution is 2.17. The summed E-state index contributed by atoms with van der Waals surface area (Å²) in [5.74, 6) is -1.36. The Labute approximate surface area is 231 Å². The lowest BCUT2D eigenvalue weighted by Gasteiger charge is -2.24. The average Bonchev–Trinajstić information content (AvgIpc) is 3.37. The van der Waals surface area contributed by atoms with E-state index in [0.29, 0.717) is 19.4 Å². The van der Waals surface area contributed by atoms with Crippen molar-refractivity contribution in [3.63, 3.8) is 0 Å². The van der Waals surface area contributed by atoms with Crippen molar-refractivity contribution in [2.45, 2.75) is 106 Å². The van der Waals surface area contributed by atoms with Crippen LogP contribution >= 0.6 is 0 Å². The molecule has 1 fully saturated rings. The van der Waals surface area contributed by atoms with Crippen LogP contribution in [0.4, 0.5) is 4.79 Å². The van der Waals surface area contributed by atoms with E-state index < -0.39 is 29.6 Å². The molecule has 0 aromatic carbocycles. The fraction of sp³-hybridized carbons (Fsp3) is 0.786. The molecule has 0 spiro atoms. The molecule has 38 heavy (non-hydrogen) atoms. The van der Waals surface area contributed by atoms with Crippen LogP contribution in [-0.4, -0.2) is 80.9 Å². The van der Waals surface area contributed by atoms with E-state index in [1.54, 1.807) is 27.9 Å². The number of carbonyl (C=O) groups excluding carboxylic acids is 4. The predicted molar refractivity (Wildman–Crippen MR) is 152 cm³/mol. The number of methoxy groups -OCH3 is 2. The number of unbranched alkanes of at least 4 members (excludes halogenated alkanes) is 2. The van der Waals surface area contributed by atoms with Gasteiger partial charge in [0.2, 0.25) is 11.8 Å². The second kappa shape index (κ2) is 26.0. The van der Waals surface area contributed by atoms with Crippen molar-refractivity contribution in [1.29, 1.82) is 0 Å². The van der Waals surface area contributed by atoms with Crippen molar-refractivity contribution in [2.24, 2.45) is 0 Å². The zero-order valence-electron chi connectivity index (χ0n) is 25.6. The molecular formula is C28H55N3O7. The van der Waals surface area contributed by atoms with Crippen molar-refractivity contribution < 1.29 is 33.4 Å². The molecule has 0 bridgehead atoms. The first kappa shape index (κ1) is 39.9. The van der Waals surface area contributed by atoms with Gasteiger partial charge < -0.3 is 29.7 Å². The SMILES string of the molecule is CC.CCC.CCCC/C=C\COC.COC(=O)CNC(=O)C1CCCN1C(=O)CNC(=O)OC(C)(C)C. The molecule has 1 saturated heterocycles. The van der Waals surface area contributed by atoms with E-state index in [2.05, 4.69) is 48.3 Å². The number of likely N-dealkylation sites (tertiary alicyclic amines) is 1. The molecule has 1 aliphatic heterocycles. The fourth-order valence-corrected chi connectivity index (χ4v) is 2.85. The Balaban J connectivity index is -0.000000726. The van der Waals surface area contributed by atoms with Gasteiger partial charge >= 0.3 is 12.1 Å². The van der Waals surface area contributed by atoms with Gasteiger partial charge in [-0.1, -0.05) is 66.0 Å². The maximum atomic E-state index is 12.2. The molecule has 0 aliphatic carbocycles. The monoisotopic (exact) mass is 545 g/mol. The van der Waals surface area contributed by atoms with E-state index in [-0.39, 0.29) is 19.0 Å². The predicted octanol–water partition coefficient (Wildman–Crippen LogP) is 4.61. The van der Waals surface area contributed by atoms with Gasteiger partial charge in [0.05, 0.1) is 13.7 Å². The smallest absolute Gasteiger partial charge is 0.408 e. The van der Waals surface area contributed by atoms with Gasteiger partial charge in [-0.15, -0.1) is 0 Å². The first-order valence-corrected chi connectivity index (χ1v) is 13.7. The highest BCUT2D eigenvalue weighted by atomic mass is 16.6. The minimum atomic E-state index is -0.693. The Bertz CT molecular complexity index is 661. The quantitative estimate of drug-likeness (QED) is 0.233. The summed E-state index contributed by atoms with van der Waals surface area (Å²) < 4.78 is 14.3. The number of nitrogens with zero attached hydrogens (tertiary/aromatic N) is 1. The third-order valence-corrected chi connectivity index (χ3v) is 4.45. The number of amides is 3.